The molecule has 0 saturated heterocycles. The van der Waals surface area contributed by atoms with Crippen molar-refractivity contribution >= 4 is 16.9 Å². The summed E-state index contributed by atoms with van der Waals surface area (Å²) in [6.07, 6.45) is 1.30. The van der Waals surface area contributed by atoms with Gasteiger partial charge in [0, 0.05) is 26.1 Å². The number of aliphatic hydroxyl groups is 1. The minimum atomic E-state index is -0.667. The molecular weight excluding hydrogens is 344 g/mol. The number of hydrogen-bond donors (Lipinski definition) is 3. The lowest BCUT2D eigenvalue weighted by Crippen LogP contribution is -2.34. The molecule has 0 bridgehead atoms. The average molecular weight is 368 g/mol. The van der Waals surface area contributed by atoms with Crippen LogP contribution in [0.2, 0.25) is 0 Å². The van der Waals surface area contributed by atoms with Crippen LogP contribution in [0.25, 0.3) is 11.0 Å². The Hall–Kier alpha value is -2.83. The maximum atomic E-state index is 11.8. The van der Waals surface area contributed by atoms with Gasteiger partial charge in [0.25, 0.3) is 0 Å². The number of carbonyl (C=O) groups excluding carboxylic acids is 1. The van der Waals surface area contributed by atoms with Gasteiger partial charge < -0.3 is 24.9 Å². The third-order valence-corrected chi connectivity index (χ3v) is 4.13. The van der Waals surface area contributed by atoms with Crippen LogP contribution >= 0.6 is 0 Å². The first-order valence-corrected chi connectivity index (χ1v) is 9.01. The first-order chi connectivity index (χ1) is 13.2. The first kappa shape index (κ1) is 18.9. The van der Waals surface area contributed by atoms with Crippen molar-refractivity contribution < 1.29 is 19.1 Å². The minimum absolute atomic E-state index is 0.0243. The van der Waals surface area contributed by atoms with E-state index in [1.54, 1.807) is 6.26 Å². The smallest absolute Gasteiger partial charge is 0.221 e. The quantitative estimate of drug-likeness (QED) is 0.479. The normalized spacial score (nSPS) is 12.0. The Morgan fingerprint density at radius 1 is 1.11 bits per heavy atom. The van der Waals surface area contributed by atoms with E-state index >= 15 is 0 Å². The molecule has 142 valence electrons. The molecule has 2 aromatic carbocycles. The molecule has 3 aromatic rings. The van der Waals surface area contributed by atoms with Crippen LogP contribution in [0.1, 0.15) is 12.0 Å². The predicted octanol–water partition coefficient (Wildman–Crippen LogP) is 2.47. The molecule has 1 amide bonds. The van der Waals surface area contributed by atoms with E-state index in [4.69, 9.17) is 9.15 Å². The molecule has 27 heavy (non-hydrogen) atoms. The van der Waals surface area contributed by atoms with Crippen molar-refractivity contribution in [2.24, 2.45) is 0 Å². The second kappa shape index (κ2) is 9.75. The summed E-state index contributed by atoms with van der Waals surface area (Å²) in [6.45, 7) is 1.54. The van der Waals surface area contributed by atoms with Crippen molar-refractivity contribution in [2.75, 3.05) is 19.7 Å². The second-order valence-electron chi connectivity index (χ2n) is 6.27. The number of amides is 1. The molecular formula is C21H24N2O4. The number of hydrogen-bond acceptors (Lipinski definition) is 5. The number of rotatable bonds is 10. The molecule has 0 aliphatic heterocycles. The number of fused-ring (bicyclic) bond motifs is 1. The molecule has 6 heteroatoms. The minimum Gasteiger partial charge on any atom is -0.490 e. The number of nitrogens with one attached hydrogen (secondary N) is 2. The number of carbonyl (C=O) groups is 1. The van der Waals surface area contributed by atoms with Crippen LogP contribution in [0.5, 0.6) is 5.75 Å². The van der Waals surface area contributed by atoms with Gasteiger partial charge in [-0.3, -0.25) is 4.79 Å². The molecule has 6 nitrogen and oxygen atoms in total. The van der Waals surface area contributed by atoms with E-state index in [1.165, 1.54) is 0 Å². The van der Waals surface area contributed by atoms with Gasteiger partial charge in [-0.05, 0) is 23.8 Å². The molecule has 1 unspecified atom stereocenters. The maximum Gasteiger partial charge on any atom is 0.221 e. The van der Waals surface area contributed by atoms with Crippen molar-refractivity contribution in [3.8, 4) is 5.75 Å². The van der Waals surface area contributed by atoms with E-state index < -0.39 is 6.10 Å². The van der Waals surface area contributed by atoms with Crippen molar-refractivity contribution in [2.45, 2.75) is 19.1 Å². The summed E-state index contributed by atoms with van der Waals surface area (Å²) in [5, 5.41) is 16.9. The van der Waals surface area contributed by atoms with Crippen molar-refractivity contribution in [3.05, 3.63) is 66.4 Å². The van der Waals surface area contributed by atoms with E-state index in [2.05, 4.69) is 10.6 Å². The van der Waals surface area contributed by atoms with E-state index in [0.29, 0.717) is 31.8 Å². The summed E-state index contributed by atoms with van der Waals surface area (Å²) in [4.78, 5) is 11.8. The van der Waals surface area contributed by atoms with Gasteiger partial charge in [-0.1, -0.05) is 36.4 Å². The molecule has 1 atom stereocenters. The van der Waals surface area contributed by atoms with Gasteiger partial charge in [-0.15, -0.1) is 0 Å². The third-order valence-electron chi connectivity index (χ3n) is 4.13. The van der Waals surface area contributed by atoms with Gasteiger partial charge in [0.1, 0.15) is 24.0 Å². The first-order valence-electron chi connectivity index (χ1n) is 9.01. The largest absolute Gasteiger partial charge is 0.490 e. The fraction of sp³-hybridized carbons (Fsp3) is 0.286. The van der Waals surface area contributed by atoms with Crippen LogP contribution in [0.4, 0.5) is 0 Å². The Morgan fingerprint density at radius 3 is 2.81 bits per heavy atom. The van der Waals surface area contributed by atoms with E-state index in [0.717, 1.165) is 16.5 Å². The number of ether oxygens (including phenoxy) is 1. The summed E-state index contributed by atoms with van der Waals surface area (Å²) in [5.74, 6) is 0.657. The Labute approximate surface area is 158 Å². The van der Waals surface area contributed by atoms with Crippen LogP contribution < -0.4 is 15.4 Å². The number of furan rings is 1. The molecule has 0 aliphatic carbocycles. The number of benzene rings is 2. The highest BCUT2D eigenvalue weighted by Gasteiger charge is 2.09. The van der Waals surface area contributed by atoms with Crippen molar-refractivity contribution in [1.82, 2.24) is 10.6 Å². The predicted molar refractivity (Wildman–Crippen MR) is 103 cm³/mol. The lowest BCUT2D eigenvalue weighted by Gasteiger charge is -2.13. The standard InChI is InChI=1S/C21H24N2O4/c24-17(15-27-20-8-4-7-19-18(20)10-12-26-19)14-22-11-9-21(25)23-13-16-5-2-1-3-6-16/h1-8,10,12,17,22,24H,9,11,13-15H2,(H,23,25). The molecule has 3 rings (SSSR count). The maximum absolute atomic E-state index is 11.8. The highest BCUT2D eigenvalue weighted by Crippen LogP contribution is 2.26. The lowest BCUT2D eigenvalue weighted by atomic mass is 10.2. The highest BCUT2D eigenvalue weighted by atomic mass is 16.5. The molecule has 1 heterocycles. The molecule has 0 radical (unpaired) electrons. The Morgan fingerprint density at radius 2 is 1.96 bits per heavy atom. The molecule has 0 aliphatic rings. The Bertz CT molecular complexity index is 848. The van der Waals surface area contributed by atoms with Gasteiger partial charge >= 0.3 is 0 Å². The monoisotopic (exact) mass is 368 g/mol. The van der Waals surface area contributed by atoms with E-state index in [1.807, 2.05) is 54.6 Å². The van der Waals surface area contributed by atoms with Gasteiger partial charge in [-0.25, -0.2) is 0 Å². The van der Waals surface area contributed by atoms with Crippen LogP contribution in [-0.4, -0.2) is 36.8 Å². The molecule has 1 aromatic heterocycles. The van der Waals surface area contributed by atoms with Gasteiger partial charge in [0.2, 0.25) is 5.91 Å². The second-order valence-corrected chi connectivity index (χ2v) is 6.27. The van der Waals surface area contributed by atoms with E-state index in [9.17, 15) is 9.90 Å². The van der Waals surface area contributed by atoms with Crippen LogP contribution in [0.3, 0.4) is 0 Å². The van der Waals surface area contributed by atoms with Gasteiger partial charge in [-0.2, -0.15) is 0 Å². The summed E-state index contributed by atoms with van der Waals surface area (Å²) >= 11 is 0. The highest BCUT2D eigenvalue weighted by molar-refractivity contribution is 5.83. The molecule has 0 spiro atoms. The lowest BCUT2D eigenvalue weighted by molar-refractivity contribution is -0.121. The van der Waals surface area contributed by atoms with Crippen LogP contribution in [-0.2, 0) is 11.3 Å². The summed E-state index contributed by atoms with van der Waals surface area (Å²) in [7, 11) is 0. The SMILES string of the molecule is O=C(CCNCC(O)COc1cccc2occc12)NCc1ccccc1. The molecule has 0 fully saturated rings. The Kier molecular flexibility index (Phi) is 6.84. The van der Waals surface area contributed by atoms with Gasteiger partial charge in [0.05, 0.1) is 11.6 Å². The van der Waals surface area contributed by atoms with Gasteiger partial charge in [0.15, 0.2) is 0 Å². The summed E-state index contributed by atoms with van der Waals surface area (Å²) < 4.78 is 11.0. The fourth-order valence-corrected chi connectivity index (χ4v) is 2.69. The fourth-order valence-electron chi connectivity index (χ4n) is 2.69. The van der Waals surface area contributed by atoms with Crippen LogP contribution in [0.15, 0.2) is 65.3 Å². The van der Waals surface area contributed by atoms with Crippen LogP contribution in [0, 0.1) is 0 Å². The topological polar surface area (TPSA) is 83.7 Å². The average Bonchev–Trinajstić information content (AvgIpc) is 3.18. The summed E-state index contributed by atoms with van der Waals surface area (Å²) in [5.41, 5.74) is 1.82. The van der Waals surface area contributed by atoms with E-state index in [-0.39, 0.29) is 12.5 Å². The zero-order valence-electron chi connectivity index (χ0n) is 15.1. The molecule has 3 N–H and O–H groups in total. The zero-order chi connectivity index (χ0) is 18.9. The zero-order valence-corrected chi connectivity index (χ0v) is 15.1. The Balaban J connectivity index is 1.30. The summed E-state index contributed by atoms with van der Waals surface area (Å²) in [6, 6.07) is 17.2. The van der Waals surface area contributed by atoms with Crippen molar-refractivity contribution in [1.29, 1.82) is 0 Å². The number of aliphatic hydroxyl groups excluding tert-OH is 1. The molecule has 0 saturated carbocycles. The third kappa shape index (κ3) is 5.84. The van der Waals surface area contributed by atoms with Crippen molar-refractivity contribution in [3.63, 3.8) is 0 Å².